The van der Waals surface area contributed by atoms with Crippen molar-refractivity contribution in [1.82, 2.24) is 0 Å². The number of aryl methyl sites for hydroxylation is 8. The molecule has 0 saturated carbocycles. The Morgan fingerprint density at radius 3 is 0.714 bits per heavy atom. The van der Waals surface area contributed by atoms with Gasteiger partial charge < -0.3 is 10.2 Å². The Hall–Kier alpha value is -2.34. The maximum absolute atomic E-state index is 12.6. The first-order valence-corrected chi connectivity index (χ1v) is 24.8. The maximum Gasteiger partial charge on any atom is 0.0535 e. The molecule has 4 heteroatoms. The Morgan fingerprint density at radius 1 is 0.393 bits per heavy atom. The third kappa shape index (κ3) is 8.81. The summed E-state index contributed by atoms with van der Waals surface area (Å²) in [5.41, 5.74) is 10.4. The number of aliphatic hydroxyl groups is 2. The Balaban J connectivity index is 2.27. The molecule has 56 heavy (non-hydrogen) atoms. The molecule has 0 aromatic heterocycles. The van der Waals surface area contributed by atoms with E-state index in [1.54, 1.807) is 0 Å². The normalized spacial score (nSPS) is 15.3. The van der Waals surface area contributed by atoms with E-state index < -0.39 is 31.6 Å². The Bertz CT molecular complexity index is 1570. The summed E-state index contributed by atoms with van der Waals surface area (Å²) < 4.78 is 0. The van der Waals surface area contributed by atoms with Crippen LogP contribution in [-0.2, 0) is 51.4 Å². The number of benzene rings is 4. The van der Waals surface area contributed by atoms with Crippen LogP contribution in [0, 0.1) is 11.3 Å². The van der Waals surface area contributed by atoms with E-state index in [1.165, 1.54) is 65.7 Å². The van der Waals surface area contributed by atoms with Crippen molar-refractivity contribution in [2.45, 2.75) is 158 Å². The molecule has 0 aliphatic carbocycles. The molecule has 2 nitrogen and oxygen atoms in total. The van der Waals surface area contributed by atoms with Crippen molar-refractivity contribution in [3.05, 3.63) is 117 Å². The van der Waals surface area contributed by atoms with Crippen molar-refractivity contribution in [3.8, 4) is 0 Å². The zero-order valence-electron chi connectivity index (χ0n) is 37.6. The van der Waals surface area contributed by atoms with E-state index in [9.17, 15) is 10.2 Å². The van der Waals surface area contributed by atoms with Crippen molar-refractivity contribution < 1.29 is 10.2 Å². The van der Waals surface area contributed by atoms with Gasteiger partial charge >= 0.3 is 0 Å². The van der Waals surface area contributed by atoms with E-state index in [2.05, 4.69) is 163 Å². The van der Waals surface area contributed by atoms with Crippen LogP contribution in [0.1, 0.15) is 141 Å². The molecule has 0 aliphatic rings. The van der Waals surface area contributed by atoms with Gasteiger partial charge in [-0.05, 0) is 151 Å². The molecule has 0 bridgehead atoms. The van der Waals surface area contributed by atoms with Crippen LogP contribution in [0.3, 0.4) is 0 Å². The fraction of sp³-hybridized carbons (Fsp3) is 0.538. The molecule has 0 heterocycles. The first kappa shape index (κ1) is 46.4. The lowest BCUT2D eigenvalue weighted by Crippen LogP contribution is -2.65. The average Bonchev–Trinajstić information content (AvgIpc) is 3.23. The number of rotatable bonds is 20. The lowest BCUT2D eigenvalue weighted by atomic mass is 9.58. The number of aliphatic hydroxyl groups excluding tert-OH is 2. The molecule has 306 valence electrons. The second-order valence-corrected chi connectivity index (χ2v) is 22.3. The van der Waals surface area contributed by atoms with Crippen LogP contribution < -0.4 is 21.2 Å². The van der Waals surface area contributed by atoms with E-state index in [4.69, 9.17) is 0 Å². The second-order valence-electron chi connectivity index (χ2n) is 16.9. The van der Waals surface area contributed by atoms with Crippen LogP contribution in [0.25, 0.3) is 0 Å². The molecule has 0 aliphatic heterocycles. The SMILES string of the molecule is CCc1cc(CC)cc(P(c2cc(CC)cc(CC)c2)C(C)(CO)C(CC)(C(C)C)C(C)(CO)P(c2cc(CC)cc(CC)c2)c2cc(CC)cc(CC)c2)c1. The smallest absolute Gasteiger partial charge is 0.0535 e. The molecule has 0 radical (unpaired) electrons. The minimum atomic E-state index is -1.13. The molecule has 2 unspecified atom stereocenters. The average molecular weight is 795 g/mol. The predicted molar refractivity (Wildman–Crippen MR) is 252 cm³/mol. The van der Waals surface area contributed by atoms with Gasteiger partial charge in [0.1, 0.15) is 0 Å². The van der Waals surface area contributed by atoms with Crippen LogP contribution in [0.5, 0.6) is 0 Å². The Kier molecular flexibility index (Phi) is 16.6. The van der Waals surface area contributed by atoms with Gasteiger partial charge in [0.25, 0.3) is 0 Å². The van der Waals surface area contributed by atoms with E-state index in [0.29, 0.717) is 0 Å². The molecular formula is C52H76O2P2. The third-order valence-electron chi connectivity index (χ3n) is 13.5. The van der Waals surface area contributed by atoms with Crippen LogP contribution in [0.2, 0.25) is 0 Å². The highest BCUT2D eigenvalue weighted by Gasteiger charge is 2.64. The van der Waals surface area contributed by atoms with Crippen LogP contribution in [0.15, 0.2) is 72.8 Å². The van der Waals surface area contributed by atoms with Gasteiger partial charge in [0.15, 0.2) is 0 Å². The molecule has 0 saturated heterocycles. The predicted octanol–water partition coefficient (Wildman–Crippen LogP) is 11.3. The van der Waals surface area contributed by atoms with Crippen LogP contribution in [0.4, 0.5) is 0 Å². The van der Waals surface area contributed by atoms with E-state index >= 15 is 0 Å². The highest BCUT2D eigenvalue weighted by atomic mass is 31.1. The van der Waals surface area contributed by atoms with Crippen LogP contribution >= 0.6 is 15.8 Å². The van der Waals surface area contributed by atoms with Crippen LogP contribution in [-0.4, -0.2) is 33.7 Å². The van der Waals surface area contributed by atoms with E-state index in [-0.39, 0.29) is 19.1 Å². The highest BCUT2D eigenvalue weighted by molar-refractivity contribution is 7.75. The van der Waals surface area contributed by atoms with Crippen molar-refractivity contribution in [1.29, 1.82) is 0 Å². The lowest BCUT2D eigenvalue weighted by Gasteiger charge is -2.64. The first-order valence-electron chi connectivity index (χ1n) is 22.1. The highest BCUT2D eigenvalue weighted by Crippen LogP contribution is 2.71. The summed E-state index contributed by atoms with van der Waals surface area (Å²) in [6, 6.07) is 29.3. The van der Waals surface area contributed by atoms with Gasteiger partial charge in [-0.25, -0.2) is 0 Å². The maximum atomic E-state index is 12.6. The zero-order valence-corrected chi connectivity index (χ0v) is 39.4. The number of hydrogen-bond donors (Lipinski definition) is 2. The molecule has 4 aromatic rings. The van der Waals surface area contributed by atoms with Gasteiger partial charge in [0.2, 0.25) is 0 Å². The van der Waals surface area contributed by atoms with Gasteiger partial charge in [0.05, 0.1) is 13.2 Å². The fourth-order valence-corrected chi connectivity index (χ4v) is 18.1. The molecule has 4 aromatic carbocycles. The summed E-state index contributed by atoms with van der Waals surface area (Å²) in [6.45, 7) is 30.2. The summed E-state index contributed by atoms with van der Waals surface area (Å²) >= 11 is 0. The van der Waals surface area contributed by atoms with Gasteiger partial charge in [0, 0.05) is 10.3 Å². The summed E-state index contributed by atoms with van der Waals surface area (Å²) in [6.07, 6.45) is 8.60. The van der Waals surface area contributed by atoms with Crippen molar-refractivity contribution >= 4 is 37.1 Å². The molecule has 0 fully saturated rings. The van der Waals surface area contributed by atoms with Gasteiger partial charge in [-0.3, -0.25) is 0 Å². The lowest BCUT2D eigenvalue weighted by molar-refractivity contribution is 0.0104. The topological polar surface area (TPSA) is 40.5 Å². The summed E-state index contributed by atoms with van der Waals surface area (Å²) in [7, 11) is -2.26. The van der Waals surface area contributed by atoms with Crippen molar-refractivity contribution in [3.63, 3.8) is 0 Å². The van der Waals surface area contributed by atoms with Crippen molar-refractivity contribution in [2.75, 3.05) is 13.2 Å². The summed E-state index contributed by atoms with van der Waals surface area (Å²) in [5, 5.41) is 29.3. The first-order chi connectivity index (χ1) is 26.8. The molecule has 2 N–H and O–H groups in total. The largest absolute Gasteiger partial charge is 0.395 e. The third-order valence-corrected chi connectivity index (χ3v) is 19.7. The van der Waals surface area contributed by atoms with E-state index in [0.717, 1.165) is 57.8 Å². The molecule has 0 spiro atoms. The Morgan fingerprint density at radius 2 is 0.589 bits per heavy atom. The summed E-state index contributed by atoms with van der Waals surface area (Å²) in [4.78, 5) is 0. The number of hydrogen-bond acceptors (Lipinski definition) is 2. The standard InChI is InChI=1S/C52H76O2P2/c1-14-38-23-39(15-2)28-46(27-38)55(47-29-40(16-3)24-41(17-4)30-47)50(12,35-53)52(22-9,37(10)11)51(13,36-54)56(48-31-42(18-5)25-43(19-6)32-48)49-33-44(20-7)26-45(21-8)34-49/h23-34,37,53-54H,14-22,35-36H2,1-13H3. The van der Waals surface area contributed by atoms with Gasteiger partial charge in [-0.2, -0.15) is 0 Å². The zero-order chi connectivity index (χ0) is 41.4. The van der Waals surface area contributed by atoms with Gasteiger partial charge in [-0.15, -0.1) is 0 Å². The van der Waals surface area contributed by atoms with E-state index in [1.807, 2.05) is 0 Å². The summed E-state index contributed by atoms with van der Waals surface area (Å²) in [5.74, 6) is 0.150. The molecule has 4 rings (SSSR count). The fourth-order valence-electron chi connectivity index (χ4n) is 10.4. The minimum Gasteiger partial charge on any atom is -0.395 e. The molecule has 0 amide bonds. The Labute approximate surface area is 345 Å². The second kappa shape index (κ2) is 20.1. The molecular weight excluding hydrogens is 719 g/mol. The quantitative estimate of drug-likeness (QED) is 0.0875. The molecule has 2 atom stereocenters. The van der Waals surface area contributed by atoms with Gasteiger partial charge in [-0.1, -0.05) is 163 Å². The minimum absolute atomic E-state index is 0.0313. The van der Waals surface area contributed by atoms with Crippen molar-refractivity contribution in [2.24, 2.45) is 11.3 Å². The monoisotopic (exact) mass is 795 g/mol.